The van der Waals surface area contributed by atoms with Gasteiger partial charge in [-0.25, -0.2) is 0 Å². The SMILES string of the molecule is CCOCC(C(=O)NC)C(C)C. The number of nitrogens with one attached hydrogen (secondary N) is 1. The first-order chi connectivity index (χ1) is 5.63. The third-order valence-corrected chi connectivity index (χ3v) is 1.89. The molecular formula is C9H19NO2. The standard InChI is InChI=1S/C9H19NO2/c1-5-12-6-8(7(2)3)9(11)10-4/h7-8H,5-6H2,1-4H3,(H,10,11). The van der Waals surface area contributed by atoms with Crippen molar-refractivity contribution in [1.82, 2.24) is 5.32 Å². The van der Waals surface area contributed by atoms with E-state index in [0.29, 0.717) is 19.1 Å². The van der Waals surface area contributed by atoms with E-state index in [1.165, 1.54) is 0 Å². The molecule has 0 saturated carbocycles. The van der Waals surface area contributed by atoms with Crippen molar-refractivity contribution < 1.29 is 9.53 Å². The molecular weight excluding hydrogens is 154 g/mol. The van der Waals surface area contributed by atoms with E-state index in [-0.39, 0.29) is 11.8 Å². The van der Waals surface area contributed by atoms with Crippen molar-refractivity contribution in [3.63, 3.8) is 0 Å². The van der Waals surface area contributed by atoms with E-state index < -0.39 is 0 Å². The van der Waals surface area contributed by atoms with Crippen molar-refractivity contribution in [2.24, 2.45) is 11.8 Å². The monoisotopic (exact) mass is 173 g/mol. The highest BCUT2D eigenvalue weighted by atomic mass is 16.5. The molecule has 0 rings (SSSR count). The number of hydrogen-bond acceptors (Lipinski definition) is 2. The highest BCUT2D eigenvalue weighted by Crippen LogP contribution is 2.10. The van der Waals surface area contributed by atoms with Gasteiger partial charge in [-0.15, -0.1) is 0 Å². The molecule has 0 aliphatic heterocycles. The fourth-order valence-corrected chi connectivity index (χ4v) is 1.00. The quantitative estimate of drug-likeness (QED) is 0.674. The Bertz CT molecular complexity index is 134. The fourth-order valence-electron chi connectivity index (χ4n) is 1.00. The van der Waals surface area contributed by atoms with E-state index in [0.717, 1.165) is 0 Å². The van der Waals surface area contributed by atoms with Gasteiger partial charge in [-0.3, -0.25) is 4.79 Å². The third-order valence-electron chi connectivity index (χ3n) is 1.89. The molecule has 0 aliphatic rings. The molecule has 0 saturated heterocycles. The summed E-state index contributed by atoms with van der Waals surface area (Å²) < 4.78 is 5.22. The maximum atomic E-state index is 11.3. The van der Waals surface area contributed by atoms with Gasteiger partial charge in [0.1, 0.15) is 0 Å². The second-order valence-electron chi connectivity index (χ2n) is 3.12. The second kappa shape index (κ2) is 6.00. The molecule has 0 heterocycles. The zero-order chi connectivity index (χ0) is 9.56. The lowest BCUT2D eigenvalue weighted by molar-refractivity contribution is -0.128. The third kappa shape index (κ3) is 3.72. The first kappa shape index (κ1) is 11.4. The van der Waals surface area contributed by atoms with Gasteiger partial charge in [-0.2, -0.15) is 0 Å². The van der Waals surface area contributed by atoms with Crippen molar-refractivity contribution in [2.75, 3.05) is 20.3 Å². The fraction of sp³-hybridized carbons (Fsp3) is 0.889. The Morgan fingerprint density at radius 1 is 1.50 bits per heavy atom. The lowest BCUT2D eigenvalue weighted by Gasteiger charge is -2.18. The molecule has 3 nitrogen and oxygen atoms in total. The molecule has 1 unspecified atom stereocenters. The summed E-state index contributed by atoms with van der Waals surface area (Å²) in [5.41, 5.74) is 0. The van der Waals surface area contributed by atoms with Crippen molar-refractivity contribution >= 4 is 5.91 Å². The summed E-state index contributed by atoms with van der Waals surface area (Å²) in [5.74, 6) is 0.380. The van der Waals surface area contributed by atoms with E-state index in [2.05, 4.69) is 5.32 Å². The van der Waals surface area contributed by atoms with Gasteiger partial charge in [0, 0.05) is 13.7 Å². The van der Waals surface area contributed by atoms with Crippen LogP contribution in [-0.4, -0.2) is 26.2 Å². The summed E-state index contributed by atoms with van der Waals surface area (Å²) >= 11 is 0. The minimum absolute atomic E-state index is 0.0186. The van der Waals surface area contributed by atoms with E-state index in [9.17, 15) is 4.79 Å². The Kier molecular flexibility index (Phi) is 5.72. The number of amides is 1. The molecule has 3 heteroatoms. The molecule has 0 aromatic heterocycles. The zero-order valence-electron chi connectivity index (χ0n) is 8.39. The lowest BCUT2D eigenvalue weighted by Crippen LogP contribution is -2.34. The zero-order valence-corrected chi connectivity index (χ0v) is 8.39. The first-order valence-corrected chi connectivity index (χ1v) is 4.42. The van der Waals surface area contributed by atoms with Crippen molar-refractivity contribution in [2.45, 2.75) is 20.8 Å². The average Bonchev–Trinajstić information content (AvgIpc) is 2.04. The summed E-state index contributed by atoms with van der Waals surface area (Å²) in [7, 11) is 1.66. The highest BCUT2D eigenvalue weighted by Gasteiger charge is 2.20. The Labute approximate surface area is 74.5 Å². The predicted octanol–water partition coefficient (Wildman–Crippen LogP) is 1.04. The van der Waals surface area contributed by atoms with Crippen LogP contribution in [-0.2, 0) is 9.53 Å². The first-order valence-electron chi connectivity index (χ1n) is 4.42. The molecule has 0 aliphatic carbocycles. The van der Waals surface area contributed by atoms with Gasteiger partial charge < -0.3 is 10.1 Å². The molecule has 1 amide bonds. The predicted molar refractivity (Wildman–Crippen MR) is 48.9 cm³/mol. The molecule has 72 valence electrons. The van der Waals surface area contributed by atoms with Crippen LogP contribution in [0.1, 0.15) is 20.8 Å². The second-order valence-corrected chi connectivity index (χ2v) is 3.12. The molecule has 1 N–H and O–H groups in total. The van der Waals surface area contributed by atoms with Crippen LogP contribution in [0.4, 0.5) is 0 Å². The van der Waals surface area contributed by atoms with Crippen molar-refractivity contribution in [1.29, 1.82) is 0 Å². The van der Waals surface area contributed by atoms with E-state index in [1.54, 1.807) is 7.05 Å². The maximum absolute atomic E-state index is 11.3. The Balaban J connectivity index is 3.95. The Hall–Kier alpha value is -0.570. The molecule has 0 fully saturated rings. The van der Waals surface area contributed by atoms with Crippen LogP contribution in [0.2, 0.25) is 0 Å². The maximum Gasteiger partial charge on any atom is 0.225 e. The molecule has 12 heavy (non-hydrogen) atoms. The van der Waals surface area contributed by atoms with Crippen molar-refractivity contribution in [3.8, 4) is 0 Å². The number of carbonyl (C=O) groups is 1. The van der Waals surface area contributed by atoms with E-state index in [1.807, 2.05) is 20.8 Å². The van der Waals surface area contributed by atoms with Crippen molar-refractivity contribution in [3.05, 3.63) is 0 Å². The average molecular weight is 173 g/mol. The summed E-state index contributed by atoms with van der Waals surface area (Å²) in [5, 5.41) is 2.64. The van der Waals surface area contributed by atoms with Crippen LogP contribution < -0.4 is 5.32 Å². The molecule has 1 atom stereocenters. The van der Waals surface area contributed by atoms with Gasteiger partial charge >= 0.3 is 0 Å². The molecule has 0 spiro atoms. The molecule has 0 aromatic carbocycles. The summed E-state index contributed by atoms with van der Waals surface area (Å²) in [6.45, 7) is 7.17. The molecule has 0 bridgehead atoms. The summed E-state index contributed by atoms with van der Waals surface area (Å²) in [6, 6.07) is 0. The van der Waals surface area contributed by atoms with Gasteiger partial charge in [0.2, 0.25) is 5.91 Å². The smallest absolute Gasteiger partial charge is 0.225 e. The largest absolute Gasteiger partial charge is 0.381 e. The van der Waals surface area contributed by atoms with E-state index in [4.69, 9.17) is 4.74 Å². The van der Waals surface area contributed by atoms with Crippen LogP contribution in [0.3, 0.4) is 0 Å². The summed E-state index contributed by atoms with van der Waals surface area (Å²) in [4.78, 5) is 11.3. The molecule has 0 radical (unpaired) electrons. The lowest BCUT2D eigenvalue weighted by atomic mass is 9.96. The van der Waals surface area contributed by atoms with Crippen LogP contribution in [0.5, 0.6) is 0 Å². The Morgan fingerprint density at radius 3 is 2.42 bits per heavy atom. The van der Waals surface area contributed by atoms with Gasteiger partial charge in [-0.05, 0) is 12.8 Å². The number of rotatable bonds is 5. The van der Waals surface area contributed by atoms with Gasteiger partial charge in [0.25, 0.3) is 0 Å². The minimum Gasteiger partial charge on any atom is -0.381 e. The normalized spacial score (nSPS) is 13.1. The van der Waals surface area contributed by atoms with Gasteiger partial charge in [0.15, 0.2) is 0 Å². The van der Waals surface area contributed by atoms with Gasteiger partial charge in [-0.1, -0.05) is 13.8 Å². The Morgan fingerprint density at radius 2 is 2.08 bits per heavy atom. The highest BCUT2D eigenvalue weighted by molar-refractivity contribution is 5.78. The van der Waals surface area contributed by atoms with Crippen LogP contribution >= 0.6 is 0 Å². The minimum atomic E-state index is -0.0186. The van der Waals surface area contributed by atoms with Crippen LogP contribution in [0.15, 0.2) is 0 Å². The topological polar surface area (TPSA) is 38.3 Å². The molecule has 0 aromatic rings. The number of carbonyl (C=O) groups excluding carboxylic acids is 1. The van der Waals surface area contributed by atoms with Gasteiger partial charge in [0.05, 0.1) is 12.5 Å². The van der Waals surface area contributed by atoms with E-state index >= 15 is 0 Å². The van der Waals surface area contributed by atoms with Crippen LogP contribution in [0, 0.1) is 11.8 Å². The number of hydrogen-bond donors (Lipinski definition) is 1. The number of ether oxygens (including phenoxy) is 1. The summed E-state index contributed by atoms with van der Waals surface area (Å²) in [6.07, 6.45) is 0. The van der Waals surface area contributed by atoms with Crippen LogP contribution in [0.25, 0.3) is 0 Å².